The number of carbonyl (C=O) groups is 1. The second-order valence-corrected chi connectivity index (χ2v) is 2.66. The molecule has 9 heavy (non-hydrogen) atoms. The minimum absolute atomic E-state index is 0.00463. The van der Waals surface area contributed by atoms with Crippen LogP contribution in [-0.2, 0) is 9.53 Å². The summed E-state index contributed by atoms with van der Waals surface area (Å²) in [6.45, 7) is 3.69. The third-order valence-electron chi connectivity index (χ3n) is 1.91. The first-order valence-corrected chi connectivity index (χ1v) is 2.99. The van der Waals surface area contributed by atoms with Crippen LogP contribution in [0.4, 0.5) is 0 Å². The lowest BCUT2D eigenvalue weighted by molar-refractivity contribution is -0.121. The van der Waals surface area contributed by atoms with Crippen LogP contribution in [0.3, 0.4) is 0 Å². The van der Waals surface area contributed by atoms with Crippen molar-refractivity contribution in [2.24, 2.45) is 5.73 Å². The van der Waals surface area contributed by atoms with E-state index in [2.05, 4.69) is 0 Å². The second kappa shape index (κ2) is 1.78. The summed E-state index contributed by atoms with van der Waals surface area (Å²) in [5, 5.41) is 0. The Labute approximate surface area is 54.2 Å². The van der Waals surface area contributed by atoms with Crippen LogP contribution in [0.25, 0.3) is 0 Å². The molecule has 1 aliphatic rings. The van der Waals surface area contributed by atoms with Crippen LogP contribution in [0.15, 0.2) is 0 Å². The summed E-state index contributed by atoms with van der Waals surface area (Å²) < 4.78 is 5.01. The quantitative estimate of drug-likeness (QED) is 0.488. The van der Waals surface area contributed by atoms with Crippen LogP contribution >= 0.6 is 0 Å². The third kappa shape index (κ3) is 0.862. The number of hydrogen-bond acceptors (Lipinski definition) is 3. The zero-order valence-corrected chi connectivity index (χ0v) is 5.68. The SMILES string of the molecule is CC1OCC(=O)C1(C)N. The average molecular weight is 129 g/mol. The van der Waals surface area contributed by atoms with Crippen molar-refractivity contribution in [3.05, 3.63) is 0 Å². The molecular formula is C6H11NO2. The number of Topliss-reactive ketones (excluding diaryl/α,β-unsaturated/α-hetero) is 1. The molecule has 0 saturated carbocycles. The van der Waals surface area contributed by atoms with Crippen LogP contribution in [-0.4, -0.2) is 24.0 Å². The monoisotopic (exact) mass is 129 g/mol. The van der Waals surface area contributed by atoms with Gasteiger partial charge in [-0.05, 0) is 13.8 Å². The first kappa shape index (κ1) is 6.71. The van der Waals surface area contributed by atoms with Gasteiger partial charge in [0.1, 0.15) is 12.1 Å². The van der Waals surface area contributed by atoms with Gasteiger partial charge in [0.25, 0.3) is 0 Å². The van der Waals surface area contributed by atoms with Crippen LogP contribution in [0.2, 0.25) is 0 Å². The summed E-state index contributed by atoms with van der Waals surface area (Å²) in [6.07, 6.45) is -0.134. The van der Waals surface area contributed by atoms with Gasteiger partial charge in [0.05, 0.1) is 6.10 Å². The van der Waals surface area contributed by atoms with E-state index in [1.807, 2.05) is 6.92 Å². The Balaban J connectivity index is 2.78. The molecule has 0 amide bonds. The number of rotatable bonds is 0. The lowest BCUT2D eigenvalue weighted by Gasteiger charge is -2.18. The third-order valence-corrected chi connectivity index (χ3v) is 1.91. The Morgan fingerprint density at radius 2 is 2.44 bits per heavy atom. The van der Waals surface area contributed by atoms with E-state index in [0.717, 1.165) is 0 Å². The van der Waals surface area contributed by atoms with Crippen molar-refractivity contribution in [3.63, 3.8) is 0 Å². The van der Waals surface area contributed by atoms with Crippen molar-refractivity contribution < 1.29 is 9.53 Å². The largest absolute Gasteiger partial charge is 0.368 e. The number of ether oxygens (including phenoxy) is 1. The summed E-state index contributed by atoms with van der Waals surface area (Å²) in [4.78, 5) is 10.9. The number of ketones is 1. The predicted molar refractivity (Wildman–Crippen MR) is 33.0 cm³/mol. The van der Waals surface area contributed by atoms with Gasteiger partial charge in [-0.25, -0.2) is 0 Å². The fraction of sp³-hybridized carbons (Fsp3) is 0.833. The van der Waals surface area contributed by atoms with Gasteiger partial charge < -0.3 is 10.5 Å². The summed E-state index contributed by atoms with van der Waals surface area (Å²) >= 11 is 0. The predicted octanol–water partition coefficient (Wildman–Crippen LogP) is -0.308. The van der Waals surface area contributed by atoms with Crippen molar-refractivity contribution in [2.45, 2.75) is 25.5 Å². The smallest absolute Gasteiger partial charge is 0.180 e. The lowest BCUT2D eigenvalue weighted by Crippen LogP contribution is -2.48. The molecule has 1 fully saturated rings. The van der Waals surface area contributed by atoms with Gasteiger partial charge in [-0.3, -0.25) is 4.79 Å². The maximum Gasteiger partial charge on any atom is 0.180 e. The minimum Gasteiger partial charge on any atom is -0.368 e. The van der Waals surface area contributed by atoms with Gasteiger partial charge in [-0.15, -0.1) is 0 Å². The molecule has 2 unspecified atom stereocenters. The molecule has 2 N–H and O–H groups in total. The molecule has 1 heterocycles. The highest BCUT2D eigenvalue weighted by atomic mass is 16.5. The molecule has 0 bridgehead atoms. The number of nitrogens with two attached hydrogens (primary N) is 1. The zero-order valence-electron chi connectivity index (χ0n) is 5.68. The normalized spacial score (nSPS) is 43.9. The molecule has 0 aromatic rings. The van der Waals surface area contributed by atoms with Crippen molar-refractivity contribution in [3.8, 4) is 0 Å². The maximum absolute atomic E-state index is 10.9. The topological polar surface area (TPSA) is 52.3 Å². The molecule has 0 aliphatic carbocycles. The van der Waals surface area contributed by atoms with Gasteiger partial charge in [0.15, 0.2) is 5.78 Å². The molecule has 1 aliphatic heterocycles. The molecule has 1 rings (SSSR count). The van der Waals surface area contributed by atoms with Gasteiger partial charge in [-0.1, -0.05) is 0 Å². The van der Waals surface area contributed by atoms with Gasteiger partial charge in [0, 0.05) is 0 Å². The van der Waals surface area contributed by atoms with Gasteiger partial charge >= 0.3 is 0 Å². The Morgan fingerprint density at radius 1 is 1.89 bits per heavy atom. The van der Waals surface area contributed by atoms with Crippen molar-refractivity contribution in [1.29, 1.82) is 0 Å². The van der Waals surface area contributed by atoms with Crippen molar-refractivity contribution >= 4 is 5.78 Å². The Morgan fingerprint density at radius 3 is 2.56 bits per heavy atom. The van der Waals surface area contributed by atoms with Crippen LogP contribution < -0.4 is 5.73 Å². The number of hydrogen-bond donors (Lipinski definition) is 1. The summed E-state index contributed by atoms with van der Waals surface area (Å²) in [6, 6.07) is 0. The fourth-order valence-electron chi connectivity index (χ4n) is 0.756. The van der Waals surface area contributed by atoms with E-state index in [4.69, 9.17) is 10.5 Å². The summed E-state index contributed by atoms with van der Waals surface area (Å²) in [5.41, 5.74) is 4.84. The molecule has 0 radical (unpaired) electrons. The molecule has 0 aromatic carbocycles. The Hall–Kier alpha value is -0.410. The van der Waals surface area contributed by atoms with Crippen molar-refractivity contribution in [2.75, 3.05) is 6.61 Å². The van der Waals surface area contributed by atoms with Crippen LogP contribution in [0.5, 0.6) is 0 Å². The summed E-state index contributed by atoms with van der Waals surface area (Å²) in [5.74, 6) is -0.00463. The van der Waals surface area contributed by atoms with E-state index in [0.29, 0.717) is 0 Å². The zero-order chi connectivity index (χ0) is 7.07. The van der Waals surface area contributed by atoms with E-state index in [1.54, 1.807) is 6.92 Å². The van der Waals surface area contributed by atoms with E-state index < -0.39 is 5.54 Å². The maximum atomic E-state index is 10.9. The average Bonchev–Trinajstić information content (AvgIpc) is 1.96. The molecule has 52 valence electrons. The standard InChI is InChI=1S/C6H11NO2/c1-4-6(2,7)5(8)3-9-4/h4H,3,7H2,1-2H3. The molecule has 0 aromatic heterocycles. The fourth-order valence-corrected chi connectivity index (χ4v) is 0.756. The van der Waals surface area contributed by atoms with Gasteiger partial charge in [0.2, 0.25) is 0 Å². The highest BCUT2D eigenvalue weighted by Crippen LogP contribution is 2.18. The summed E-state index contributed by atoms with van der Waals surface area (Å²) in [7, 11) is 0. The molecular weight excluding hydrogens is 118 g/mol. The Bertz CT molecular complexity index is 142. The van der Waals surface area contributed by atoms with Crippen LogP contribution in [0.1, 0.15) is 13.8 Å². The Kier molecular flexibility index (Phi) is 1.33. The van der Waals surface area contributed by atoms with E-state index in [-0.39, 0.29) is 18.5 Å². The second-order valence-electron chi connectivity index (χ2n) is 2.66. The van der Waals surface area contributed by atoms with Crippen molar-refractivity contribution in [1.82, 2.24) is 0 Å². The highest BCUT2D eigenvalue weighted by Gasteiger charge is 2.41. The van der Waals surface area contributed by atoms with E-state index in [1.165, 1.54) is 0 Å². The molecule has 0 spiro atoms. The highest BCUT2D eigenvalue weighted by molar-refractivity contribution is 5.91. The van der Waals surface area contributed by atoms with Gasteiger partial charge in [-0.2, -0.15) is 0 Å². The minimum atomic E-state index is -0.750. The first-order valence-electron chi connectivity index (χ1n) is 2.99. The van der Waals surface area contributed by atoms with Crippen LogP contribution in [0, 0.1) is 0 Å². The lowest BCUT2D eigenvalue weighted by atomic mass is 9.95. The van der Waals surface area contributed by atoms with E-state index >= 15 is 0 Å². The molecule has 3 heteroatoms. The first-order chi connectivity index (χ1) is 4.05. The molecule has 2 atom stereocenters. The molecule has 1 saturated heterocycles. The number of carbonyl (C=O) groups excluding carboxylic acids is 1. The van der Waals surface area contributed by atoms with E-state index in [9.17, 15) is 4.79 Å². The molecule has 3 nitrogen and oxygen atoms in total.